The maximum Gasteiger partial charge on any atom is 0.0391 e. The summed E-state index contributed by atoms with van der Waals surface area (Å²) in [7, 11) is 8.04. The molecule has 0 bridgehead atoms. The fourth-order valence-electron chi connectivity index (χ4n) is 1.28. The Kier molecular flexibility index (Phi) is 8.58. The maximum atomic E-state index is 3.90. The number of anilines is 2. The molecule has 107 valence electrons. The van der Waals surface area contributed by atoms with Crippen molar-refractivity contribution in [3.05, 3.63) is 49.1 Å². The maximum absolute atomic E-state index is 3.90. The molecule has 1 radical (unpaired) electrons. The molecule has 2 aromatic rings. The van der Waals surface area contributed by atoms with Crippen LogP contribution in [0.25, 0.3) is 0 Å². The molecular formula is C14H20CuN4. The number of rotatable bonds is 2. The van der Waals surface area contributed by atoms with Crippen molar-refractivity contribution in [1.29, 1.82) is 0 Å². The van der Waals surface area contributed by atoms with Crippen LogP contribution in [0.15, 0.2) is 49.1 Å². The number of hydrogen-bond acceptors (Lipinski definition) is 4. The molecule has 0 aliphatic heterocycles. The Balaban J connectivity index is 0.000000324. The van der Waals surface area contributed by atoms with Crippen molar-refractivity contribution in [1.82, 2.24) is 9.97 Å². The molecule has 2 heterocycles. The standard InChI is InChI=1S/2C7H10N2.Cu/c2*1-9(2)7-3-5-8-6-4-7;/h2*3-6H,1-2H3;. The summed E-state index contributed by atoms with van der Waals surface area (Å²) in [6.07, 6.45) is 7.15. The third-order valence-corrected chi connectivity index (χ3v) is 2.36. The zero-order chi connectivity index (χ0) is 13.4. The molecule has 0 spiro atoms. The van der Waals surface area contributed by atoms with E-state index in [1.165, 1.54) is 11.4 Å². The van der Waals surface area contributed by atoms with Gasteiger partial charge in [0.05, 0.1) is 0 Å². The average Bonchev–Trinajstić information content (AvgIpc) is 2.41. The van der Waals surface area contributed by atoms with E-state index in [1.54, 1.807) is 24.8 Å². The smallest absolute Gasteiger partial charge is 0.0391 e. The minimum absolute atomic E-state index is 0. The van der Waals surface area contributed by atoms with E-state index >= 15 is 0 Å². The molecule has 19 heavy (non-hydrogen) atoms. The molecule has 0 aliphatic carbocycles. The Bertz CT molecular complexity index is 388. The van der Waals surface area contributed by atoms with Gasteiger partial charge in [0.25, 0.3) is 0 Å². The minimum Gasteiger partial charge on any atom is -0.378 e. The molecule has 0 atom stereocenters. The molecule has 0 saturated heterocycles. The second kappa shape index (κ2) is 9.36. The molecule has 2 rings (SSSR count). The van der Waals surface area contributed by atoms with E-state index < -0.39 is 0 Å². The summed E-state index contributed by atoms with van der Waals surface area (Å²) in [6, 6.07) is 7.89. The van der Waals surface area contributed by atoms with E-state index in [2.05, 4.69) is 9.97 Å². The van der Waals surface area contributed by atoms with Gasteiger partial charge in [-0.1, -0.05) is 0 Å². The van der Waals surface area contributed by atoms with Crippen LogP contribution in [0.2, 0.25) is 0 Å². The summed E-state index contributed by atoms with van der Waals surface area (Å²) in [4.78, 5) is 11.9. The van der Waals surface area contributed by atoms with E-state index in [-0.39, 0.29) is 17.1 Å². The quantitative estimate of drug-likeness (QED) is 0.797. The van der Waals surface area contributed by atoms with Crippen LogP contribution < -0.4 is 9.80 Å². The predicted octanol–water partition coefficient (Wildman–Crippen LogP) is 2.29. The van der Waals surface area contributed by atoms with Gasteiger partial charge in [0.1, 0.15) is 0 Å². The molecule has 0 fully saturated rings. The summed E-state index contributed by atoms with van der Waals surface area (Å²) in [5.41, 5.74) is 2.37. The third kappa shape index (κ3) is 6.79. The van der Waals surface area contributed by atoms with Crippen LogP contribution in [0.5, 0.6) is 0 Å². The first-order valence-corrected chi connectivity index (χ1v) is 5.76. The normalized spacial score (nSPS) is 8.63. The van der Waals surface area contributed by atoms with Gasteiger partial charge in [0.15, 0.2) is 0 Å². The topological polar surface area (TPSA) is 32.3 Å². The van der Waals surface area contributed by atoms with E-state index in [9.17, 15) is 0 Å². The van der Waals surface area contributed by atoms with E-state index in [0.29, 0.717) is 0 Å². The fraction of sp³-hybridized carbons (Fsp3) is 0.286. The largest absolute Gasteiger partial charge is 0.378 e. The first-order chi connectivity index (χ1) is 8.61. The Morgan fingerprint density at radius 3 is 1.05 bits per heavy atom. The van der Waals surface area contributed by atoms with Crippen LogP contribution in [0.4, 0.5) is 11.4 Å². The molecule has 0 saturated carbocycles. The van der Waals surface area contributed by atoms with Gasteiger partial charge in [0, 0.05) is 81.4 Å². The molecule has 0 N–H and O–H groups in total. The Hall–Kier alpha value is -1.58. The number of hydrogen-bond donors (Lipinski definition) is 0. The Morgan fingerprint density at radius 2 is 0.895 bits per heavy atom. The van der Waals surface area contributed by atoms with E-state index in [4.69, 9.17) is 0 Å². The van der Waals surface area contributed by atoms with Gasteiger partial charge in [-0.2, -0.15) is 0 Å². The van der Waals surface area contributed by atoms with Gasteiger partial charge in [-0.3, -0.25) is 9.97 Å². The third-order valence-electron chi connectivity index (χ3n) is 2.36. The molecule has 4 nitrogen and oxygen atoms in total. The average molecular weight is 308 g/mol. The van der Waals surface area contributed by atoms with Crippen molar-refractivity contribution in [2.24, 2.45) is 0 Å². The van der Waals surface area contributed by atoms with Crippen LogP contribution >= 0.6 is 0 Å². The van der Waals surface area contributed by atoms with Crippen LogP contribution in [-0.2, 0) is 17.1 Å². The molecule has 2 aromatic heterocycles. The molecule has 0 aliphatic rings. The molecule has 0 amide bonds. The van der Waals surface area contributed by atoms with Crippen molar-refractivity contribution in [3.8, 4) is 0 Å². The summed E-state index contributed by atoms with van der Waals surface area (Å²) in [5.74, 6) is 0. The fourth-order valence-corrected chi connectivity index (χ4v) is 1.28. The van der Waals surface area contributed by atoms with Crippen molar-refractivity contribution >= 4 is 11.4 Å². The van der Waals surface area contributed by atoms with Crippen molar-refractivity contribution in [3.63, 3.8) is 0 Å². The molecule has 0 unspecified atom stereocenters. The summed E-state index contributed by atoms with van der Waals surface area (Å²) in [6.45, 7) is 0. The summed E-state index contributed by atoms with van der Waals surface area (Å²) >= 11 is 0. The van der Waals surface area contributed by atoms with Crippen molar-refractivity contribution in [2.75, 3.05) is 38.0 Å². The summed E-state index contributed by atoms with van der Waals surface area (Å²) in [5, 5.41) is 0. The molecule has 0 aromatic carbocycles. The second-order valence-corrected chi connectivity index (χ2v) is 4.20. The monoisotopic (exact) mass is 307 g/mol. The zero-order valence-electron chi connectivity index (χ0n) is 11.7. The number of aromatic nitrogens is 2. The van der Waals surface area contributed by atoms with E-state index in [0.717, 1.165) is 0 Å². The van der Waals surface area contributed by atoms with Crippen LogP contribution in [0.3, 0.4) is 0 Å². The Labute approximate surface area is 126 Å². The number of nitrogens with zero attached hydrogens (tertiary/aromatic N) is 4. The number of pyridine rings is 2. The van der Waals surface area contributed by atoms with Crippen molar-refractivity contribution < 1.29 is 17.1 Å². The molecular weight excluding hydrogens is 288 g/mol. The van der Waals surface area contributed by atoms with Gasteiger partial charge in [0.2, 0.25) is 0 Å². The Morgan fingerprint density at radius 1 is 0.632 bits per heavy atom. The van der Waals surface area contributed by atoms with Gasteiger partial charge in [-0.05, 0) is 24.3 Å². The van der Waals surface area contributed by atoms with Gasteiger partial charge in [-0.25, -0.2) is 0 Å². The predicted molar refractivity (Wildman–Crippen MR) is 77.1 cm³/mol. The van der Waals surface area contributed by atoms with Crippen LogP contribution in [0, 0.1) is 0 Å². The van der Waals surface area contributed by atoms with Crippen molar-refractivity contribution in [2.45, 2.75) is 0 Å². The minimum atomic E-state index is 0. The second-order valence-electron chi connectivity index (χ2n) is 4.20. The van der Waals surface area contributed by atoms with Gasteiger partial charge in [-0.15, -0.1) is 0 Å². The first-order valence-electron chi connectivity index (χ1n) is 5.76. The summed E-state index contributed by atoms with van der Waals surface area (Å²) < 4.78 is 0. The van der Waals surface area contributed by atoms with Crippen LogP contribution in [0.1, 0.15) is 0 Å². The van der Waals surface area contributed by atoms with Crippen LogP contribution in [-0.4, -0.2) is 38.2 Å². The zero-order valence-corrected chi connectivity index (χ0v) is 12.7. The first kappa shape index (κ1) is 17.4. The van der Waals surface area contributed by atoms with Gasteiger partial charge >= 0.3 is 0 Å². The van der Waals surface area contributed by atoms with E-state index in [1.807, 2.05) is 62.3 Å². The molecule has 5 heteroatoms. The van der Waals surface area contributed by atoms with Gasteiger partial charge < -0.3 is 9.80 Å². The SMILES string of the molecule is CN(C)c1ccncc1.CN(C)c1ccncc1.[Cu].